The lowest BCUT2D eigenvalue weighted by molar-refractivity contribution is -0.126. The molecule has 2 heterocycles. The number of likely N-dealkylation sites (tertiary alicyclic amines) is 2. The smallest absolute Gasteiger partial charge is 0.258 e. The van der Waals surface area contributed by atoms with Crippen molar-refractivity contribution in [1.82, 2.24) is 9.80 Å². The summed E-state index contributed by atoms with van der Waals surface area (Å²) in [6, 6.07) is 9.78. The molecular weight excluding hydrogens is 562 g/mol. The topological polar surface area (TPSA) is 43.9 Å². The summed E-state index contributed by atoms with van der Waals surface area (Å²) in [5.41, 5.74) is 1.53. The summed E-state index contributed by atoms with van der Waals surface area (Å²) < 4.78 is 41.7. The average Bonchev–Trinajstić information content (AvgIpc) is 3.47. The van der Waals surface area contributed by atoms with Crippen LogP contribution in [0.5, 0.6) is 0 Å². The van der Waals surface area contributed by atoms with Gasteiger partial charge in [-0.25, -0.2) is 13.2 Å². The third kappa shape index (κ3) is 6.29. The highest BCUT2D eigenvalue weighted by Crippen LogP contribution is 2.38. The Bertz CT molecular complexity index is 1230. The largest absolute Gasteiger partial charge is 0.338 e. The highest BCUT2D eigenvalue weighted by molar-refractivity contribution is 6.33. The molecule has 2 aliphatic heterocycles. The first kappa shape index (κ1) is 29.2. The number of alkyl halides is 2. The minimum Gasteiger partial charge on any atom is -0.338 e. The van der Waals surface area contributed by atoms with Gasteiger partial charge >= 0.3 is 0 Å². The van der Waals surface area contributed by atoms with Gasteiger partial charge in [-0.15, -0.1) is 0 Å². The summed E-state index contributed by atoms with van der Waals surface area (Å²) in [7, 11) is 0. The standard InChI is InChI=1S/C30H34Cl2F3N3O2/c1-19-6-7-23(14-25(19)32)38(28(39)20-8-10-30(34,35)11-9-20)13-3-12-36-15-21-17-37(18-22(21)16-36)29(40)27-24(31)4-2-5-26(27)33/h2,4-7,14,20-22H,3,8-13,15-18H2,1H3. The normalized spacial score (nSPS) is 22.9. The minimum atomic E-state index is -2.69. The second-order valence-corrected chi connectivity index (χ2v) is 12.3. The van der Waals surface area contributed by atoms with Crippen LogP contribution in [0, 0.1) is 30.5 Å². The Hall–Kier alpha value is -2.29. The number of aryl methyl sites for hydroxylation is 1. The first-order valence-electron chi connectivity index (χ1n) is 13.9. The van der Waals surface area contributed by atoms with Crippen LogP contribution in [0.1, 0.15) is 48.0 Å². The number of fused-ring (bicyclic) bond motifs is 1. The number of rotatable bonds is 7. The zero-order valence-corrected chi connectivity index (χ0v) is 24.0. The minimum absolute atomic E-state index is 0.0661. The lowest BCUT2D eigenvalue weighted by Crippen LogP contribution is -2.41. The maximum absolute atomic E-state index is 14.3. The van der Waals surface area contributed by atoms with Crippen LogP contribution in [0.25, 0.3) is 0 Å². The van der Waals surface area contributed by atoms with Crippen molar-refractivity contribution < 1.29 is 22.8 Å². The van der Waals surface area contributed by atoms with Crippen molar-refractivity contribution in [2.45, 2.75) is 45.0 Å². The number of nitrogens with zero attached hydrogens (tertiary/aromatic N) is 3. The van der Waals surface area contributed by atoms with Gasteiger partial charge < -0.3 is 14.7 Å². The molecule has 5 nitrogen and oxygen atoms in total. The van der Waals surface area contributed by atoms with Gasteiger partial charge in [-0.1, -0.05) is 35.3 Å². The van der Waals surface area contributed by atoms with E-state index in [1.54, 1.807) is 15.9 Å². The molecule has 2 unspecified atom stereocenters. The molecule has 3 aliphatic rings. The van der Waals surface area contributed by atoms with Gasteiger partial charge in [-0.3, -0.25) is 9.59 Å². The van der Waals surface area contributed by atoms with Gasteiger partial charge in [0.15, 0.2) is 0 Å². The summed E-state index contributed by atoms with van der Waals surface area (Å²) in [6.07, 6.45) is 0.568. The molecule has 2 atom stereocenters. The summed E-state index contributed by atoms with van der Waals surface area (Å²) in [5, 5.41) is 0.688. The molecule has 1 saturated carbocycles. The van der Waals surface area contributed by atoms with Crippen molar-refractivity contribution in [2.75, 3.05) is 44.2 Å². The number of hydrogen-bond donors (Lipinski definition) is 0. The molecule has 2 amide bonds. The number of hydrogen-bond acceptors (Lipinski definition) is 3. The second kappa shape index (κ2) is 11.9. The van der Waals surface area contributed by atoms with Crippen molar-refractivity contribution in [2.24, 2.45) is 17.8 Å². The van der Waals surface area contributed by atoms with Crippen LogP contribution in [-0.2, 0) is 4.79 Å². The van der Waals surface area contributed by atoms with E-state index in [0.717, 1.165) is 25.2 Å². The van der Waals surface area contributed by atoms with Crippen molar-refractivity contribution in [1.29, 1.82) is 0 Å². The molecule has 40 heavy (non-hydrogen) atoms. The van der Waals surface area contributed by atoms with Crippen LogP contribution in [0.4, 0.5) is 18.9 Å². The Labute approximate surface area is 243 Å². The lowest BCUT2D eigenvalue weighted by atomic mass is 9.85. The van der Waals surface area contributed by atoms with Gasteiger partial charge in [0, 0.05) is 62.2 Å². The third-order valence-electron chi connectivity index (χ3n) is 8.68. The molecule has 2 aromatic carbocycles. The number of amides is 2. The highest BCUT2D eigenvalue weighted by atomic mass is 35.5. The molecule has 0 radical (unpaired) electrons. The molecule has 10 heteroatoms. The van der Waals surface area contributed by atoms with Gasteiger partial charge in [-0.2, -0.15) is 0 Å². The fourth-order valence-corrected chi connectivity index (χ4v) is 6.79. The van der Waals surface area contributed by atoms with Crippen molar-refractivity contribution in [3.05, 3.63) is 63.4 Å². The fourth-order valence-electron chi connectivity index (χ4n) is 6.38. The van der Waals surface area contributed by atoms with Crippen LogP contribution < -0.4 is 4.90 Å². The lowest BCUT2D eigenvalue weighted by Gasteiger charge is -2.32. The van der Waals surface area contributed by atoms with Crippen molar-refractivity contribution >= 4 is 40.7 Å². The zero-order chi connectivity index (χ0) is 28.6. The van der Waals surface area contributed by atoms with E-state index in [1.165, 1.54) is 18.2 Å². The molecule has 216 valence electrons. The fraction of sp³-hybridized carbons (Fsp3) is 0.533. The van der Waals surface area contributed by atoms with E-state index < -0.39 is 17.7 Å². The van der Waals surface area contributed by atoms with Gasteiger partial charge in [0.2, 0.25) is 11.8 Å². The maximum atomic E-state index is 14.3. The Balaban J connectivity index is 1.17. The average molecular weight is 597 g/mol. The first-order valence-corrected chi connectivity index (χ1v) is 14.7. The van der Waals surface area contributed by atoms with E-state index in [0.29, 0.717) is 48.6 Å². The van der Waals surface area contributed by atoms with Gasteiger partial charge in [0.25, 0.3) is 5.91 Å². The van der Waals surface area contributed by atoms with Crippen molar-refractivity contribution in [3.63, 3.8) is 0 Å². The second-order valence-electron chi connectivity index (χ2n) is 11.5. The molecule has 0 spiro atoms. The number of benzene rings is 2. The molecule has 0 N–H and O–H groups in total. The predicted octanol–water partition coefficient (Wildman–Crippen LogP) is 6.69. The van der Waals surface area contributed by atoms with E-state index in [-0.39, 0.29) is 48.1 Å². The van der Waals surface area contributed by atoms with E-state index in [2.05, 4.69) is 4.90 Å². The highest BCUT2D eigenvalue weighted by Gasteiger charge is 2.42. The maximum Gasteiger partial charge on any atom is 0.258 e. The first-order chi connectivity index (χ1) is 19.0. The number of halogens is 5. The molecule has 1 aliphatic carbocycles. The van der Waals surface area contributed by atoms with E-state index in [4.69, 9.17) is 23.2 Å². The molecule has 3 fully saturated rings. The Morgan fingerprint density at radius 2 is 1.68 bits per heavy atom. The number of carbonyl (C=O) groups excluding carboxylic acids is 2. The summed E-state index contributed by atoms with van der Waals surface area (Å²) in [5.74, 6) is -3.60. The Morgan fingerprint density at radius 1 is 1.00 bits per heavy atom. The zero-order valence-electron chi connectivity index (χ0n) is 22.5. The van der Waals surface area contributed by atoms with E-state index in [9.17, 15) is 22.8 Å². The monoisotopic (exact) mass is 595 g/mol. The van der Waals surface area contributed by atoms with Crippen molar-refractivity contribution in [3.8, 4) is 0 Å². The van der Waals surface area contributed by atoms with Gasteiger partial charge in [-0.05, 0) is 74.4 Å². The predicted molar refractivity (Wildman–Crippen MR) is 151 cm³/mol. The van der Waals surface area contributed by atoms with Crippen LogP contribution in [0.15, 0.2) is 36.4 Å². The quantitative estimate of drug-likeness (QED) is 0.358. The van der Waals surface area contributed by atoms with Crippen LogP contribution in [-0.4, -0.2) is 66.8 Å². The molecular formula is C30H34Cl2F3N3O2. The number of anilines is 1. The SMILES string of the molecule is Cc1ccc(N(CCCN2CC3CN(C(=O)c4c(F)cccc4Cl)CC3C2)C(=O)C2CCC(F)(F)CC2)cc1Cl. The molecule has 0 aromatic heterocycles. The molecule has 0 bridgehead atoms. The molecule has 2 aromatic rings. The molecule has 2 saturated heterocycles. The van der Waals surface area contributed by atoms with Gasteiger partial charge in [0.1, 0.15) is 5.82 Å². The Kier molecular flexibility index (Phi) is 8.69. The van der Waals surface area contributed by atoms with E-state index in [1.807, 2.05) is 19.1 Å². The van der Waals surface area contributed by atoms with Crippen LogP contribution >= 0.6 is 23.2 Å². The summed E-state index contributed by atoms with van der Waals surface area (Å²) >= 11 is 12.5. The van der Waals surface area contributed by atoms with Gasteiger partial charge in [0.05, 0.1) is 10.6 Å². The molecule has 5 rings (SSSR count). The summed E-state index contributed by atoms with van der Waals surface area (Å²) in [6.45, 7) is 5.89. The van der Waals surface area contributed by atoms with E-state index >= 15 is 0 Å². The summed E-state index contributed by atoms with van der Waals surface area (Å²) in [4.78, 5) is 32.2. The van der Waals surface area contributed by atoms with Crippen LogP contribution in [0.3, 0.4) is 0 Å². The third-order valence-corrected chi connectivity index (χ3v) is 9.40. The van der Waals surface area contributed by atoms with Crippen LogP contribution in [0.2, 0.25) is 10.0 Å². The number of carbonyl (C=O) groups is 2. The Morgan fingerprint density at radius 3 is 2.30 bits per heavy atom.